The zero-order chi connectivity index (χ0) is 29.6. The molecule has 0 radical (unpaired) electrons. The number of carboxylic acid groups (broad SMARTS) is 1. The van der Waals surface area contributed by atoms with Crippen molar-refractivity contribution in [3.63, 3.8) is 0 Å². The number of benzene rings is 3. The minimum atomic E-state index is -1.30. The third kappa shape index (κ3) is 8.20. The minimum absolute atomic E-state index is 0.0351. The molecule has 0 aliphatic heterocycles. The fraction of sp³-hybridized carbons (Fsp3) is 0.333. The van der Waals surface area contributed by atoms with Gasteiger partial charge in [0.1, 0.15) is 11.6 Å². The number of carboxylic acids is 1. The summed E-state index contributed by atoms with van der Waals surface area (Å²) in [4.78, 5) is 50.2. The summed E-state index contributed by atoms with van der Waals surface area (Å²) in [6, 6.07) is 12.6. The predicted molar refractivity (Wildman–Crippen MR) is 155 cm³/mol. The molecule has 212 valence electrons. The van der Waals surface area contributed by atoms with E-state index in [2.05, 4.69) is 21.3 Å². The molecule has 0 saturated carbocycles. The fourth-order valence-corrected chi connectivity index (χ4v) is 4.30. The zero-order valence-corrected chi connectivity index (χ0v) is 23.6. The lowest BCUT2D eigenvalue weighted by Crippen LogP contribution is -2.43. The largest absolute Gasteiger partial charge is 0.480 e. The Morgan fingerprint density at radius 2 is 1.50 bits per heavy atom. The number of anilines is 2. The Morgan fingerprint density at radius 3 is 2.08 bits per heavy atom. The number of nitrogens with one attached hydrogen (secondary N) is 4. The summed E-state index contributed by atoms with van der Waals surface area (Å²) in [7, 11) is 0. The van der Waals surface area contributed by atoms with Gasteiger partial charge in [-0.1, -0.05) is 42.0 Å². The minimum Gasteiger partial charge on any atom is -0.480 e. The maximum Gasteiger partial charge on any atom is 0.407 e. The number of rotatable bonds is 8. The molecular weight excluding hydrogens is 512 g/mol. The second-order valence-corrected chi connectivity index (χ2v) is 10.7. The van der Waals surface area contributed by atoms with Crippen molar-refractivity contribution >= 4 is 46.1 Å². The Morgan fingerprint density at radius 1 is 0.900 bits per heavy atom. The fourth-order valence-electron chi connectivity index (χ4n) is 4.30. The number of ether oxygens (including phenoxy) is 1. The highest BCUT2D eigenvalue weighted by Crippen LogP contribution is 2.26. The van der Waals surface area contributed by atoms with Gasteiger partial charge in [0.25, 0.3) is 5.91 Å². The first kappa shape index (κ1) is 29.9. The van der Waals surface area contributed by atoms with Crippen molar-refractivity contribution in [1.29, 1.82) is 0 Å². The van der Waals surface area contributed by atoms with Crippen molar-refractivity contribution < 1.29 is 29.0 Å². The number of amides is 4. The average molecular weight is 549 g/mol. The van der Waals surface area contributed by atoms with Crippen molar-refractivity contribution in [2.45, 2.75) is 59.6 Å². The van der Waals surface area contributed by atoms with Gasteiger partial charge in [-0.15, -0.1) is 0 Å². The molecule has 0 aromatic heterocycles. The molecule has 0 unspecified atom stereocenters. The molecule has 0 heterocycles. The molecule has 0 saturated heterocycles. The van der Waals surface area contributed by atoms with Gasteiger partial charge in [0.2, 0.25) is 0 Å². The van der Waals surface area contributed by atoms with Gasteiger partial charge in [-0.2, -0.15) is 0 Å². The molecule has 0 aliphatic carbocycles. The van der Waals surface area contributed by atoms with E-state index in [1.807, 2.05) is 57.2 Å². The molecule has 0 spiro atoms. The lowest BCUT2D eigenvalue weighted by Gasteiger charge is -2.21. The molecule has 3 aromatic rings. The van der Waals surface area contributed by atoms with E-state index < -0.39 is 35.6 Å². The number of alkyl carbamates (subject to hydrolysis) is 1. The first-order valence-electron chi connectivity index (χ1n) is 12.9. The predicted octanol–water partition coefficient (Wildman–Crippen LogP) is 5.51. The molecule has 0 fully saturated rings. The van der Waals surface area contributed by atoms with E-state index in [-0.39, 0.29) is 24.2 Å². The van der Waals surface area contributed by atoms with Gasteiger partial charge in [0, 0.05) is 12.2 Å². The van der Waals surface area contributed by atoms with Crippen LogP contribution in [0.15, 0.2) is 48.5 Å². The van der Waals surface area contributed by atoms with Crippen LogP contribution in [0, 0.1) is 20.8 Å². The van der Waals surface area contributed by atoms with Gasteiger partial charge in [-0.3, -0.25) is 4.79 Å². The molecule has 5 N–H and O–H groups in total. The van der Waals surface area contributed by atoms with Gasteiger partial charge in [0.05, 0.1) is 11.3 Å². The van der Waals surface area contributed by atoms with Crippen LogP contribution in [-0.4, -0.2) is 47.3 Å². The SMILES string of the molecule is Cc1cc(C)c(NC(=O)Nc2cc3ccccc3cc2C(=O)N[C@@H](CCNC(=O)OC(C)(C)C)C(=O)O)c(C)c1. The molecule has 1 atom stereocenters. The van der Waals surface area contributed by atoms with Gasteiger partial charge >= 0.3 is 18.1 Å². The first-order chi connectivity index (χ1) is 18.7. The molecule has 3 rings (SSSR count). The van der Waals surface area contributed by atoms with E-state index in [4.69, 9.17) is 4.74 Å². The van der Waals surface area contributed by atoms with Crippen LogP contribution in [0.4, 0.5) is 21.0 Å². The molecular formula is C30H36N4O6. The van der Waals surface area contributed by atoms with Crippen molar-refractivity contribution in [3.8, 4) is 0 Å². The standard InChI is InChI=1S/C30H36N4O6/c1-17-13-18(2)25(19(3)14-17)34-28(38)33-24-16-21-10-8-7-9-20(21)15-22(24)26(35)32-23(27(36)37)11-12-31-29(39)40-30(4,5)6/h7-10,13-16,23H,11-12H2,1-6H3,(H,31,39)(H,32,35)(H,36,37)(H2,33,34,38)/t23-/m0/s1. The van der Waals surface area contributed by atoms with Gasteiger partial charge in [0.15, 0.2) is 0 Å². The summed E-state index contributed by atoms with van der Waals surface area (Å²) in [5, 5.41) is 21.8. The molecule has 0 bridgehead atoms. The summed E-state index contributed by atoms with van der Waals surface area (Å²) in [6.45, 7) is 10.9. The van der Waals surface area contributed by atoms with Crippen molar-refractivity contribution in [1.82, 2.24) is 10.6 Å². The van der Waals surface area contributed by atoms with Crippen LogP contribution >= 0.6 is 0 Å². The highest BCUT2D eigenvalue weighted by molar-refractivity contribution is 6.10. The number of aliphatic carboxylic acids is 1. The molecule has 0 aliphatic rings. The zero-order valence-electron chi connectivity index (χ0n) is 23.6. The third-order valence-electron chi connectivity index (χ3n) is 6.00. The van der Waals surface area contributed by atoms with Crippen LogP contribution in [0.1, 0.15) is 54.2 Å². The smallest absolute Gasteiger partial charge is 0.407 e. The van der Waals surface area contributed by atoms with E-state index in [1.165, 1.54) is 0 Å². The average Bonchev–Trinajstić information content (AvgIpc) is 2.83. The van der Waals surface area contributed by atoms with Crippen LogP contribution in [0.2, 0.25) is 0 Å². The van der Waals surface area contributed by atoms with E-state index in [1.54, 1.807) is 32.9 Å². The Bertz CT molecular complexity index is 1420. The molecule has 3 aromatic carbocycles. The number of urea groups is 1. The Balaban J connectivity index is 1.80. The van der Waals surface area contributed by atoms with Crippen LogP contribution in [-0.2, 0) is 9.53 Å². The topological polar surface area (TPSA) is 146 Å². The van der Waals surface area contributed by atoms with E-state index in [0.717, 1.165) is 27.5 Å². The van der Waals surface area contributed by atoms with Crippen LogP contribution in [0.25, 0.3) is 10.8 Å². The van der Waals surface area contributed by atoms with E-state index in [9.17, 15) is 24.3 Å². The van der Waals surface area contributed by atoms with E-state index >= 15 is 0 Å². The number of carbonyl (C=O) groups is 4. The quantitative estimate of drug-likeness (QED) is 0.251. The summed E-state index contributed by atoms with van der Waals surface area (Å²) < 4.78 is 5.16. The van der Waals surface area contributed by atoms with Crippen LogP contribution in [0.5, 0.6) is 0 Å². The number of carbonyl (C=O) groups excluding carboxylic acids is 3. The monoisotopic (exact) mass is 548 g/mol. The van der Waals surface area contributed by atoms with E-state index in [0.29, 0.717) is 5.69 Å². The second kappa shape index (κ2) is 12.5. The van der Waals surface area contributed by atoms with Crippen molar-refractivity contribution in [2.75, 3.05) is 17.2 Å². The van der Waals surface area contributed by atoms with Gasteiger partial charge in [-0.25, -0.2) is 14.4 Å². The van der Waals surface area contributed by atoms with Crippen molar-refractivity contribution in [3.05, 3.63) is 70.8 Å². The summed E-state index contributed by atoms with van der Waals surface area (Å²) in [6.07, 6.45) is -0.766. The highest BCUT2D eigenvalue weighted by Gasteiger charge is 2.24. The second-order valence-electron chi connectivity index (χ2n) is 10.7. The number of hydrogen-bond donors (Lipinski definition) is 5. The van der Waals surface area contributed by atoms with Crippen LogP contribution < -0.4 is 21.3 Å². The molecule has 40 heavy (non-hydrogen) atoms. The third-order valence-corrected chi connectivity index (χ3v) is 6.00. The Hall–Kier alpha value is -4.60. The number of fused-ring (bicyclic) bond motifs is 1. The lowest BCUT2D eigenvalue weighted by molar-refractivity contribution is -0.139. The normalized spacial score (nSPS) is 11.8. The summed E-state index contributed by atoms with van der Waals surface area (Å²) >= 11 is 0. The lowest BCUT2D eigenvalue weighted by atomic mass is 10.0. The Kier molecular flexibility index (Phi) is 9.36. The summed E-state index contributed by atoms with van der Waals surface area (Å²) in [5.74, 6) is -1.95. The first-order valence-corrected chi connectivity index (χ1v) is 12.9. The number of aryl methyl sites for hydroxylation is 3. The molecule has 10 heteroatoms. The Labute approximate surface area is 233 Å². The number of hydrogen-bond acceptors (Lipinski definition) is 5. The van der Waals surface area contributed by atoms with Gasteiger partial charge < -0.3 is 31.1 Å². The van der Waals surface area contributed by atoms with Gasteiger partial charge in [-0.05, 0) is 82.0 Å². The van der Waals surface area contributed by atoms with Crippen molar-refractivity contribution in [2.24, 2.45) is 0 Å². The highest BCUT2D eigenvalue weighted by atomic mass is 16.6. The van der Waals surface area contributed by atoms with Crippen LogP contribution in [0.3, 0.4) is 0 Å². The maximum atomic E-state index is 13.3. The maximum absolute atomic E-state index is 13.3. The molecule has 4 amide bonds. The summed E-state index contributed by atoms with van der Waals surface area (Å²) in [5.41, 5.74) is 3.14. The molecule has 10 nitrogen and oxygen atoms in total.